The van der Waals surface area contributed by atoms with E-state index in [4.69, 9.17) is 0 Å². The molecule has 3 nitrogen and oxygen atoms in total. The molecule has 0 aliphatic carbocycles. The van der Waals surface area contributed by atoms with Crippen molar-refractivity contribution < 1.29 is 4.39 Å². The molecular weight excluding hydrogens is 301 g/mol. The molecule has 3 rings (SSSR count). The molecular formula is C17H21ClFN3. The van der Waals surface area contributed by atoms with Crippen molar-refractivity contribution in [2.24, 2.45) is 0 Å². The first-order valence-corrected chi connectivity index (χ1v) is 7.37. The average molecular weight is 322 g/mol. The van der Waals surface area contributed by atoms with Crippen LogP contribution in [0.3, 0.4) is 0 Å². The lowest BCUT2D eigenvalue weighted by Crippen LogP contribution is -2.42. The summed E-state index contributed by atoms with van der Waals surface area (Å²) in [5, 5.41) is 1.97. The minimum atomic E-state index is -1.45. The first-order chi connectivity index (χ1) is 10.2. The number of hydrogen-bond donors (Lipinski definition) is 1. The van der Waals surface area contributed by atoms with Crippen LogP contribution in [0.5, 0.6) is 0 Å². The van der Waals surface area contributed by atoms with E-state index in [0.717, 1.165) is 29.8 Å². The van der Waals surface area contributed by atoms with Gasteiger partial charge in [-0.05, 0) is 37.1 Å². The lowest BCUT2D eigenvalue weighted by atomic mass is 9.89. The lowest BCUT2D eigenvalue weighted by Gasteiger charge is -2.32. The standard InChI is InChI=1S/C17H20FN3.ClH/c1-3-10-20-21-15-7-5-4-6-14(15)17(2,18)16(21)13-8-11-19-12-9-13;/h4-9,11-12,16,20H,3,10H2,1-2H3;1H. The van der Waals surface area contributed by atoms with Crippen LogP contribution in [0.1, 0.15) is 37.4 Å². The maximum Gasteiger partial charge on any atom is 0.161 e. The van der Waals surface area contributed by atoms with Crippen molar-refractivity contribution in [2.75, 3.05) is 11.6 Å². The number of nitrogens with one attached hydrogen (secondary N) is 1. The maximum absolute atomic E-state index is 15.5. The molecule has 2 aromatic rings. The topological polar surface area (TPSA) is 28.2 Å². The number of hydrazine groups is 1. The zero-order chi connectivity index (χ0) is 14.9. The third-order valence-electron chi connectivity index (χ3n) is 4.02. The highest BCUT2D eigenvalue weighted by Gasteiger charge is 2.49. The second kappa shape index (κ2) is 6.63. The molecule has 0 spiro atoms. The van der Waals surface area contributed by atoms with Gasteiger partial charge >= 0.3 is 0 Å². The highest BCUT2D eigenvalue weighted by atomic mass is 35.5. The van der Waals surface area contributed by atoms with Crippen LogP contribution in [0.25, 0.3) is 0 Å². The molecule has 1 aliphatic heterocycles. The number of para-hydroxylation sites is 1. The summed E-state index contributed by atoms with van der Waals surface area (Å²) in [5.74, 6) is 0. The summed E-state index contributed by atoms with van der Waals surface area (Å²) in [6, 6.07) is 11.1. The van der Waals surface area contributed by atoms with E-state index in [1.54, 1.807) is 19.3 Å². The summed E-state index contributed by atoms with van der Waals surface area (Å²) >= 11 is 0. The Kier molecular flexibility index (Phi) is 5.04. The van der Waals surface area contributed by atoms with E-state index in [1.165, 1.54) is 0 Å². The van der Waals surface area contributed by atoms with Gasteiger partial charge in [0.1, 0.15) is 6.04 Å². The van der Waals surface area contributed by atoms with Crippen LogP contribution < -0.4 is 10.4 Å². The van der Waals surface area contributed by atoms with E-state index in [9.17, 15) is 0 Å². The molecule has 2 atom stereocenters. The summed E-state index contributed by atoms with van der Waals surface area (Å²) in [7, 11) is 0. The second-order valence-corrected chi connectivity index (χ2v) is 5.55. The Labute approximate surface area is 136 Å². The zero-order valence-electron chi connectivity index (χ0n) is 12.8. The van der Waals surface area contributed by atoms with Crippen molar-refractivity contribution in [3.8, 4) is 0 Å². The van der Waals surface area contributed by atoms with Crippen LogP contribution in [0.2, 0.25) is 0 Å². The molecule has 0 bridgehead atoms. The van der Waals surface area contributed by atoms with Crippen LogP contribution in [0, 0.1) is 0 Å². The van der Waals surface area contributed by atoms with E-state index in [0.29, 0.717) is 0 Å². The number of halogens is 2. The van der Waals surface area contributed by atoms with Crippen LogP contribution in [-0.4, -0.2) is 11.5 Å². The summed E-state index contributed by atoms with van der Waals surface area (Å²) < 4.78 is 15.5. The van der Waals surface area contributed by atoms with Crippen LogP contribution in [-0.2, 0) is 5.67 Å². The van der Waals surface area contributed by atoms with Gasteiger partial charge in [0.25, 0.3) is 0 Å². The Morgan fingerprint density at radius 3 is 2.59 bits per heavy atom. The number of fused-ring (bicyclic) bond motifs is 1. The van der Waals surface area contributed by atoms with E-state index in [-0.39, 0.29) is 18.4 Å². The molecule has 0 saturated carbocycles. The van der Waals surface area contributed by atoms with Gasteiger partial charge in [-0.25, -0.2) is 9.82 Å². The predicted molar refractivity (Wildman–Crippen MR) is 89.9 cm³/mol. The average Bonchev–Trinajstić information content (AvgIpc) is 2.74. The largest absolute Gasteiger partial charge is 0.297 e. The monoisotopic (exact) mass is 321 g/mol. The third kappa shape index (κ3) is 2.69. The number of alkyl halides is 1. The first kappa shape index (κ1) is 16.7. The van der Waals surface area contributed by atoms with E-state index >= 15 is 4.39 Å². The Balaban J connectivity index is 0.00000176. The van der Waals surface area contributed by atoms with Crippen molar-refractivity contribution >= 4 is 18.1 Å². The van der Waals surface area contributed by atoms with Gasteiger partial charge in [0.2, 0.25) is 0 Å². The highest BCUT2D eigenvalue weighted by Crippen LogP contribution is 2.52. The molecule has 118 valence electrons. The summed E-state index contributed by atoms with van der Waals surface area (Å²) in [4.78, 5) is 4.04. The molecule has 5 heteroatoms. The quantitative estimate of drug-likeness (QED) is 0.916. The first-order valence-electron chi connectivity index (χ1n) is 7.37. The van der Waals surface area contributed by atoms with E-state index in [2.05, 4.69) is 17.3 Å². The maximum atomic E-state index is 15.5. The zero-order valence-corrected chi connectivity index (χ0v) is 13.6. The molecule has 1 aromatic heterocycles. The molecule has 1 N–H and O–H groups in total. The van der Waals surface area contributed by atoms with Gasteiger partial charge in [0.05, 0.1) is 5.69 Å². The number of benzene rings is 1. The minimum Gasteiger partial charge on any atom is -0.297 e. The summed E-state index contributed by atoms with van der Waals surface area (Å²) in [6.07, 6.45) is 4.42. The number of rotatable bonds is 4. The van der Waals surface area contributed by atoms with Crippen molar-refractivity contribution in [2.45, 2.75) is 32.0 Å². The normalized spacial score (nSPS) is 23.0. The van der Waals surface area contributed by atoms with Crippen LogP contribution in [0.15, 0.2) is 48.8 Å². The Morgan fingerprint density at radius 1 is 1.23 bits per heavy atom. The molecule has 22 heavy (non-hydrogen) atoms. The van der Waals surface area contributed by atoms with Gasteiger partial charge in [0.15, 0.2) is 5.67 Å². The minimum absolute atomic E-state index is 0. The number of pyridine rings is 1. The molecule has 1 aliphatic rings. The number of hydrogen-bond acceptors (Lipinski definition) is 3. The summed E-state index contributed by atoms with van der Waals surface area (Å²) in [6.45, 7) is 4.57. The molecule has 0 amide bonds. The SMILES string of the molecule is CCCNN1c2ccccc2C(C)(F)C1c1ccncc1.Cl. The molecule has 0 fully saturated rings. The molecule has 2 heterocycles. The fraction of sp³-hybridized carbons (Fsp3) is 0.353. The second-order valence-electron chi connectivity index (χ2n) is 5.55. The molecule has 0 radical (unpaired) electrons. The number of aromatic nitrogens is 1. The van der Waals surface area contributed by atoms with Crippen LogP contribution in [0.4, 0.5) is 10.1 Å². The molecule has 2 unspecified atom stereocenters. The van der Waals surface area contributed by atoms with E-state index < -0.39 is 5.67 Å². The fourth-order valence-electron chi connectivity index (χ4n) is 3.04. The molecule has 0 saturated heterocycles. The van der Waals surface area contributed by atoms with Gasteiger partial charge in [0, 0.05) is 24.5 Å². The Bertz CT molecular complexity index is 618. The van der Waals surface area contributed by atoms with Crippen molar-refractivity contribution in [1.82, 2.24) is 10.4 Å². The van der Waals surface area contributed by atoms with Gasteiger partial charge in [-0.15, -0.1) is 12.4 Å². The smallest absolute Gasteiger partial charge is 0.161 e. The van der Waals surface area contributed by atoms with Crippen molar-refractivity contribution in [3.63, 3.8) is 0 Å². The predicted octanol–water partition coefficient (Wildman–Crippen LogP) is 4.16. The van der Waals surface area contributed by atoms with Crippen LogP contribution >= 0.6 is 12.4 Å². The van der Waals surface area contributed by atoms with Crippen molar-refractivity contribution in [1.29, 1.82) is 0 Å². The number of anilines is 1. The van der Waals surface area contributed by atoms with Gasteiger partial charge < -0.3 is 0 Å². The fourth-order valence-corrected chi connectivity index (χ4v) is 3.04. The Hall–Kier alpha value is -1.65. The lowest BCUT2D eigenvalue weighted by molar-refractivity contribution is 0.155. The third-order valence-corrected chi connectivity index (χ3v) is 4.02. The van der Waals surface area contributed by atoms with Crippen molar-refractivity contribution in [3.05, 3.63) is 59.9 Å². The van der Waals surface area contributed by atoms with E-state index in [1.807, 2.05) is 41.4 Å². The highest BCUT2D eigenvalue weighted by molar-refractivity contribution is 5.85. The Morgan fingerprint density at radius 2 is 1.91 bits per heavy atom. The van der Waals surface area contributed by atoms with Gasteiger partial charge in [-0.3, -0.25) is 9.99 Å². The van der Waals surface area contributed by atoms with Gasteiger partial charge in [-0.2, -0.15) is 0 Å². The number of nitrogens with zero attached hydrogens (tertiary/aromatic N) is 2. The molecule has 1 aromatic carbocycles. The summed E-state index contributed by atoms with van der Waals surface area (Å²) in [5.41, 5.74) is 4.49. The van der Waals surface area contributed by atoms with Gasteiger partial charge in [-0.1, -0.05) is 25.1 Å².